The first kappa shape index (κ1) is 12.5. The molecule has 0 radical (unpaired) electrons. The Bertz CT molecular complexity index is 144. The van der Waals surface area contributed by atoms with Crippen LogP contribution in [0.25, 0.3) is 0 Å². The van der Waals surface area contributed by atoms with Gasteiger partial charge in [-0.05, 0) is 52.5 Å². The molecule has 1 unspecified atom stereocenters. The fourth-order valence-corrected chi connectivity index (χ4v) is 2.59. The summed E-state index contributed by atoms with van der Waals surface area (Å²) in [6, 6.07) is 0. The van der Waals surface area contributed by atoms with Gasteiger partial charge in [-0.15, -0.1) is 0 Å². The molecule has 1 atom stereocenters. The zero-order valence-electron chi connectivity index (χ0n) is 9.51. The van der Waals surface area contributed by atoms with Crippen LogP contribution in [0.5, 0.6) is 0 Å². The third-order valence-electron chi connectivity index (χ3n) is 2.78. The topological polar surface area (TPSA) is 6.48 Å². The van der Waals surface area contributed by atoms with E-state index in [4.69, 9.17) is 0 Å². The van der Waals surface area contributed by atoms with Gasteiger partial charge in [0, 0.05) is 11.4 Å². The molecule has 2 nitrogen and oxygen atoms in total. The lowest BCUT2D eigenvalue weighted by atomic mass is 10.3. The molecule has 0 spiro atoms. The van der Waals surface area contributed by atoms with Gasteiger partial charge in [0.2, 0.25) is 0 Å². The van der Waals surface area contributed by atoms with Crippen LogP contribution in [0.1, 0.15) is 26.2 Å². The lowest BCUT2D eigenvalue weighted by molar-refractivity contribution is 0.282. The van der Waals surface area contributed by atoms with Gasteiger partial charge in [0.1, 0.15) is 0 Å². The molecule has 0 aromatic carbocycles. The minimum atomic E-state index is 0.610. The van der Waals surface area contributed by atoms with Crippen molar-refractivity contribution in [2.75, 3.05) is 39.8 Å². The molecule has 1 rings (SSSR count). The van der Waals surface area contributed by atoms with Crippen LogP contribution < -0.4 is 0 Å². The summed E-state index contributed by atoms with van der Waals surface area (Å²) < 4.78 is 0. The summed E-state index contributed by atoms with van der Waals surface area (Å²) in [6.45, 7) is 8.54. The molecule has 1 aliphatic rings. The van der Waals surface area contributed by atoms with Gasteiger partial charge in [-0.1, -0.05) is 22.9 Å². The van der Waals surface area contributed by atoms with E-state index in [0.29, 0.717) is 4.83 Å². The summed E-state index contributed by atoms with van der Waals surface area (Å²) in [5.41, 5.74) is 0. The van der Waals surface area contributed by atoms with Gasteiger partial charge in [-0.3, -0.25) is 0 Å². The average Bonchev–Trinajstić information content (AvgIpc) is 2.55. The lowest BCUT2D eigenvalue weighted by Crippen LogP contribution is -2.29. The van der Waals surface area contributed by atoms with Crippen molar-refractivity contribution in [3.05, 3.63) is 0 Å². The largest absolute Gasteiger partial charge is 0.305 e. The van der Waals surface area contributed by atoms with Crippen LogP contribution in [-0.2, 0) is 0 Å². The predicted octanol–water partition coefficient (Wildman–Crippen LogP) is 2.19. The van der Waals surface area contributed by atoms with Crippen molar-refractivity contribution < 1.29 is 0 Å². The molecule has 1 heterocycles. The summed E-state index contributed by atoms with van der Waals surface area (Å²) in [4.78, 5) is 5.61. The van der Waals surface area contributed by atoms with Gasteiger partial charge in [0.05, 0.1) is 0 Å². The number of likely N-dealkylation sites (tertiary alicyclic amines) is 1. The third-order valence-corrected chi connectivity index (χ3v) is 3.07. The highest BCUT2D eigenvalue weighted by Gasteiger charge is 2.10. The first-order valence-corrected chi connectivity index (χ1v) is 6.65. The summed E-state index contributed by atoms with van der Waals surface area (Å²) in [7, 11) is 2.21. The summed E-state index contributed by atoms with van der Waals surface area (Å²) in [5, 5.41) is 0. The normalized spacial score (nSPS) is 20.6. The van der Waals surface area contributed by atoms with Crippen molar-refractivity contribution in [1.82, 2.24) is 9.80 Å². The highest BCUT2D eigenvalue weighted by Crippen LogP contribution is 2.07. The zero-order chi connectivity index (χ0) is 10.4. The second kappa shape index (κ2) is 6.81. The second-order valence-electron chi connectivity index (χ2n) is 4.45. The molecule has 1 fully saturated rings. The molecule has 0 aromatic rings. The molecular weight excluding hydrogens is 240 g/mol. The Kier molecular flexibility index (Phi) is 6.06. The van der Waals surface area contributed by atoms with E-state index < -0.39 is 0 Å². The number of rotatable bonds is 6. The van der Waals surface area contributed by atoms with E-state index in [2.05, 4.69) is 39.7 Å². The Hall–Kier alpha value is 0.400. The van der Waals surface area contributed by atoms with E-state index in [-0.39, 0.29) is 0 Å². The van der Waals surface area contributed by atoms with Gasteiger partial charge in [0.25, 0.3) is 0 Å². The van der Waals surface area contributed by atoms with Gasteiger partial charge in [-0.25, -0.2) is 0 Å². The average molecular weight is 263 g/mol. The fraction of sp³-hybridized carbons (Fsp3) is 1.00. The monoisotopic (exact) mass is 262 g/mol. The van der Waals surface area contributed by atoms with Gasteiger partial charge in [-0.2, -0.15) is 0 Å². The molecule has 0 amide bonds. The quantitative estimate of drug-likeness (QED) is 0.678. The Labute approximate surface area is 96.8 Å². The Balaban J connectivity index is 1.96. The molecule has 0 N–H and O–H groups in total. The second-order valence-corrected chi connectivity index (χ2v) is 6.01. The van der Waals surface area contributed by atoms with Crippen LogP contribution in [0.3, 0.4) is 0 Å². The van der Waals surface area contributed by atoms with Crippen LogP contribution in [0.2, 0.25) is 0 Å². The van der Waals surface area contributed by atoms with E-state index in [0.717, 1.165) is 6.54 Å². The van der Waals surface area contributed by atoms with E-state index in [1.165, 1.54) is 45.4 Å². The molecule has 0 aliphatic carbocycles. The summed E-state index contributed by atoms with van der Waals surface area (Å²) >= 11 is 3.58. The van der Waals surface area contributed by atoms with Gasteiger partial charge < -0.3 is 9.80 Å². The molecular formula is C11H23BrN2. The van der Waals surface area contributed by atoms with Crippen molar-refractivity contribution in [2.45, 2.75) is 31.0 Å². The third kappa shape index (κ3) is 5.32. The van der Waals surface area contributed by atoms with Crippen LogP contribution in [0.15, 0.2) is 0 Å². The van der Waals surface area contributed by atoms with E-state index >= 15 is 0 Å². The number of alkyl halides is 1. The molecule has 1 saturated heterocycles. The van der Waals surface area contributed by atoms with E-state index in [1.807, 2.05) is 0 Å². The maximum absolute atomic E-state index is 3.58. The maximum atomic E-state index is 3.58. The van der Waals surface area contributed by atoms with Crippen LogP contribution in [-0.4, -0.2) is 54.4 Å². The smallest absolute Gasteiger partial charge is 0.0244 e. The van der Waals surface area contributed by atoms with Crippen molar-refractivity contribution in [2.24, 2.45) is 0 Å². The number of hydrogen-bond acceptors (Lipinski definition) is 2. The highest BCUT2D eigenvalue weighted by molar-refractivity contribution is 9.09. The fourth-order valence-electron chi connectivity index (χ4n) is 2.09. The predicted molar refractivity (Wildman–Crippen MR) is 66.2 cm³/mol. The zero-order valence-corrected chi connectivity index (χ0v) is 11.1. The molecule has 0 aromatic heterocycles. The summed E-state index contributed by atoms with van der Waals surface area (Å²) in [5.74, 6) is 0. The first-order valence-electron chi connectivity index (χ1n) is 5.73. The van der Waals surface area contributed by atoms with Crippen molar-refractivity contribution in [1.29, 1.82) is 0 Å². The molecule has 3 heteroatoms. The molecule has 0 saturated carbocycles. The minimum Gasteiger partial charge on any atom is -0.305 e. The molecule has 1 aliphatic heterocycles. The van der Waals surface area contributed by atoms with Gasteiger partial charge >= 0.3 is 0 Å². The van der Waals surface area contributed by atoms with Crippen molar-refractivity contribution >= 4 is 15.9 Å². The number of nitrogens with zero attached hydrogens (tertiary/aromatic N) is 2. The Morgan fingerprint density at radius 2 is 2.00 bits per heavy atom. The molecule has 14 heavy (non-hydrogen) atoms. The highest BCUT2D eigenvalue weighted by atomic mass is 79.9. The lowest BCUT2D eigenvalue weighted by Gasteiger charge is -2.20. The number of hydrogen-bond donors (Lipinski definition) is 0. The van der Waals surface area contributed by atoms with Crippen LogP contribution in [0, 0.1) is 0 Å². The minimum absolute atomic E-state index is 0.610. The number of halogens is 1. The van der Waals surface area contributed by atoms with E-state index in [9.17, 15) is 0 Å². The van der Waals surface area contributed by atoms with Crippen molar-refractivity contribution in [3.63, 3.8) is 0 Å². The Morgan fingerprint density at radius 3 is 2.57 bits per heavy atom. The van der Waals surface area contributed by atoms with Crippen molar-refractivity contribution in [3.8, 4) is 0 Å². The molecule has 84 valence electrons. The van der Waals surface area contributed by atoms with Crippen LogP contribution in [0.4, 0.5) is 0 Å². The molecule has 0 bridgehead atoms. The Morgan fingerprint density at radius 1 is 1.36 bits per heavy atom. The van der Waals surface area contributed by atoms with Gasteiger partial charge in [0.15, 0.2) is 0 Å². The standard InChI is InChI=1S/C11H23BrN2/c1-11(12)10-13(2)6-5-9-14-7-3-4-8-14/h11H,3-10H2,1-2H3. The maximum Gasteiger partial charge on any atom is 0.0244 e. The SMILES string of the molecule is CC(Br)CN(C)CCCN1CCCC1. The summed E-state index contributed by atoms with van der Waals surface area (Å²) in [6.07, 6.45) is 4.14. The first-order chi connectivity index (χ1) is 6.68. The van der Waals surface area contributed by atoms with E-state index in [1.54, 1.807) is 0 Å². The van der Waals surface area contributed by atoms with Crippen LogP contribution >= 0.6 is 15.9 Å².